The van der Waals surface area contributed by atoms with Gasteiger partial charge in [-0.25, -0.2) is 0 Å². The van der Waals surface area contributed by atoms with E-state index in [1.807, 2.05) is 31.2 Å². The van der Waals surface area contributed by atoms with Crippen molar-refractivity contribution in [2.45, 2.75) is 16.9 Å². The summed E-state index contributed by atoms with van der Waals surface area (Å²) in [7, 11) is 1.47. The summed E-state index contributed by atoms with van der Waals surface area (Å²) in [6.45, 7) is 1.98. The molecule has 0 aromatic heterocycles. The molecule has 0 radical (unpaired) electrons. The van der Waals surface area contributed by atoms with E-state index >= 15 is 0 Å². The second kappa shape index (κ2) is 9.46. The first-order chi connectivity index (χ1) is 12.7. The molecule has 0 bridgehead atoms. The van der Waals surface area contributed by atoms with E-state index in [4.69, 9.17) is 51.8 Å². The number of methoxy groups -OCH3 is 1. The number of amides is 1. The molecule has 0 spiro atoms. The Morgan fingerprint density at radius 3 is 2.30 bits per heavy atom. The van der Waals surface area contributed by atoms with Crippen molar-refractivity contribution in [2.24, 2.45) is 0 Å². The normalized spacial score (nSPS) is 12.0. The molecule has 2 aromatic rings. The van der Waals surface area contributed by atoms with Gasteiger partial charge in [0, 0.05) is 5.69 Å². The van der Waals surface area contributed by atoms with Gasteiger partial charge in [0.15, 0.2) is 5.11 Å². The lowest BCUT2D eigenvalue weighted by molar-refractivity contribution is 0.0931. The zero-order chi connectivity index (χ0) is 20.0. The molecule has 0 unspecified atom stereocenters. The lowest BCUT2D eigenvalue weighted by Crippen LogP contribution is -2.56. The number of ether oxygens (including phenoxy) is 1. The van der Waals surface area contributed by atoms with Crippen molar-refractivity contribution in [3.63, 3.8) is 0 Å². The van der Waals surface area contributed by atoms with Gasteiger partial charge in [-0.05, 0) is 43.4 Å². The van der Waals surface area contributed by atoms with Gasteiger partial charge in [-0.2, -0.15) is 0 Å². The van der Waals surface area contributed by atoms with Gasteiger partial charge in [0.1, 0.15) is 11.9 Å². The number of thiocarbonyl (C=S) groups is 1. The quantitative estimate of drug-likeness (QED) is 0.361. The van der Waals surface area contributed by atoms with Crippen molar-refractivity contribution >= 4 is 63.7 Å². The molecule has 5 nitrogen and oxygen atoms in total. The topological polar surface area (TPSA) is 62.4 Å². The molecule has 0 saturated heterocycles. The minimum Gasteiger partial charge on any atom is -0.496 e. The van der Waals surface area contributed by atoms with Crippen LogP contribution in [0.15, 0.2) is 48.5 Å². The van der Waals surface area contributed by atoms with Crippen LogP contribution in [0.4, 0.5) is 5.69 Å². The van der Waals surface area contributed by atoms with Crippen LogP contribution in [0.2, 0.25) is 0 Å². The fraction of sp³-hybridized carbons (Fsp3) is 0.222. The summed E-state index contributed by atoms with van der Waals surface area (Å²) in [5, 5.41) is 8.60. The number of nitrogens with one attached hydrogen (secondary N) is 3. The minimum absolute atomic E-state index is 0.190. The van der Waals surface area contributed by atoms with Gasteiger partial charge < -0.3 is 20.7 Å². The molecule has 3 N–H and O–H groups in total. The van der Waals surface area contributed by atoms with Crippen molar-refractivity contribution < 1.29 is 9.53 Å². The number of rotatable bonds is 5. The van der Waals surface area contributed by atoms with Crippen LogP contribution in [0.25, 0.3) is 0 Å². The molecule has 0 aliphatic carbocycles. The molecular formula is C18H18Cl3N3O2S. The van der Waals surface area contributed by atoms with Crippen molar-refractivity contribution in [3.8, 4) is 5.75 Å². The van der Waals surface area contributed by atoms with E-state index in [1.165, 1.54) is 7.11 Å². The van der Waals surface area contributed by atoms with E-state index in [0.717, 1.165) is 11.3 Å². The summed E-state index contributed by atoms with van der Waals surface area (Å²) in [5.74, 6) is -0.0761. The standard InChI is InChI=1S/C18H18Cl3N3O2S/c1-11-7-9-12(10-8-11)22-17(27)24-16(18(19,20)21)23-15(25)13-5-3-4-6-14(13)26-2/h3-10,16H,1-2H3,(H,23,25)(H2,22,24,27)/t16-/m0/s1. The lowest BCUT2D eigenvalue weighted by Gasteiger charge is -2.28. The number of alkyl halides is 3. The Hall–Kier alpha value is -1.73. The van der Waals surface area contributed by atoms with E-state index in [0.29, 0.717) is 11.3 Å². The monoisotopic (exact) mass is 445 g/mol. The molecule has 0 aliphatic rings. The van der Waals surface area contributed by atoms with Crippen LogP contribution in [0.3, 0.4) is 0 Å². The molecule has 0 fully saturated rings. The summed E-state index contributed by atoms with van der Waals surface area (Å²) >= 11 is 23.3. The molecule has 1 amide bonds. The number of para-hydroxylation sites is 1. The fourth-order valence-corrected chi connectivity index (χ4v) is 2.74. The highest BCUT2D eigenvalue weighted by atomic mass is 35.6. The number of hydrogen-bond donors (Lipinski definition) is 3. The first-order valence-electron chi connectivity index (χ1n) is 7.85. The predicted octanol–water partition coefficient (Wildman–Crippen LogP) is 4.42. The third kappa shape index (κ3) is 6.43. The highest BCUT2D eigenvalue weighted by molar-refractivity contribution is 7.80. The van der Waals surface area contributed by atoms with E-state index < -0.39 is 15.9 Å². The Labute approximate surface area is 178 Å². The molecule has 1 atom stereocenters. The molecule has 2 aromatic carbocycles. The predicted molar refractivity (Wildman–Crippen MR) is 115 cm³/mol. The zero-order valence-corrected chi connectivity index (χ0v) is 17.6. The Morgan fingerprint density at radius 2 is 1.70 bits per heavy atom. The van der Waals surface area contributed by atoms with E-state index in [1.54, 1.807) is 24.3 Å². The average molecular weight is 447 g/mol. The SMILES string of the molecule is COc1ccccc1C(=O)N[C@@H](NC(=S)Nc1ccc(C)cc1)C(Cl)(Cl)Cl. The summed E-state index contributed by atoms with van der Waals surface area (Å²) in [5.41, 5.74) is 2.18. The third-order valence-corrected chi connectivity index (χ3v) is 4.41. The lowest BCUT2D eigenvalue weighted by atomic mass is 10.2. The van der Waals surface area contributed by atoms with Crippen LogP contribution in [0.1, 0.15) is 15.9 Å². The minimum atomic E-state index is -1.85. The van der Waals surface area contributed by atoms with Crippen molar-refractivity contribution in [1.82, 2.24) is 10.6 Å². The Kier molecular flexibility index (Phi) is 7.56. The van der Waals surface area contributed by atoms with Crippen LogP contribution in [0, 0.1) is 6.92 Å². The molecule has 144 valence electrons. The molecule has 0 aliphatic heterocycles. The van der Waals surface area contributed by atoms with E-state index in [-0.39, 0.29) is 5.11 Å². The number of anilines is 1. The fourth-order valence-electron chi connectivity index (χ4n) is 2.18. The van der Waals surface area contributed by atoms with E-state index in [2.05, 4.69) is 16.0 Å². The maximum Gasteiger partial charge on any atom is 0.256 e. The number of benzene rings is 2. The Bertz CT molecular complexity index is 810. The van der Waals surface area contributed by atoms with Gasteiger partial charge in [0.25, 0.3) is 5.91 Å². The smallest absolute Gasteiger partial charge is 0.256 e. The van der Waals surface area contributed by atoms with Crippen LogP contribution in [-0.4, -0.2) is 28.1 Å². The van der Waals surface area contributed by atoms with Gasteiger partial charge >= 0.3 is 0 Å². The Morgan fingerprint density at radius 1 is 1.07 bits per heavy atom. The van der Waals surface area contributed by atoms with Gasteiger partial charge in [-0.15, -0.1) is 0 Å². The molecular weight excluding hydrogens is 429 g/mol. The van der Waals surface area contributed by atoms with Crippen LogP contribution in [-0.2, 0) is 0 Å². The van der Waals surface area contributed by atoms with Crippen LogP contribution >= 0.6 is 47.0 Å². The molecule has 0 saturated carbocycles. The summed E-state index contributed by atoms with van der Waals surface area (Å²) in [6.07, 6.45) is -1.08. The van der Waals surface area contributed by atoms with Crippen molar-refractivity contribution in [2.75, 3.05) is 12.4 Å². The number of aryl methyl sites for hydroxylation is 1. The number of carbonyl (C=O) groups is 1. The second-order valence-electron chi connectivity index (χ2n) is 5.61. The Balaban J connectivity index is 2.10. The maximum absolute atomic E-state index is 12.6. The molecule has 2 rings (SSSR count). The zero-order valence-electron chi connectivity index (χ0n) is 14.6. The van der Waals surface area contributed by atoms with Crippen molar-refractivity contribution in [1.29, 1.82) is 0 Å². The number of hydrogen-bond acceptors (Lipinski definition) is 3. The van der Waals surface area contributed by atoms with Crippen LogP contribution < -0.4 is 20.7 Å². The molecule has 0 heterocycles. The largest absolute Gasteiger partial charge is 0.496 e. The summed E-state index contributed by atoms with van der Waals surface area (Å²) in [6, 6.07) is 14.3. The van der Waals surface area contributed by atoms with Crippen LogP contribution in [0.5, 0.6) is 5.75 Å². The maximum atomic E-state index is 12.6. The molecule has 9 heteroatoms. The second-order valence-corrected chi connectivity index (χ2v) is 8.39. The summed E-state index contributed by atoms with van der Waals surface area (Å²) in [4.78, 5) is 12.6. The highest BCUT2D eigenvalue weighted by Gasteiger charge is 2.35. The van der Waals surface area contributed by atoms with Gasteiger partial charge in [0.05, 0.1) is 12.7 Å². The average Bonchev–Trinajstić information content (AvgIpc) is 2.62. The van der Waals surface area contributed by atoms with Crippen molar-refractivity contribution in [3.05, 3.63) is 59.7 Å². The van der Waals surface area contributed by atoms with Gasteiger partial charge in [-0.1, -0.05) is 64.6 Å². The first-order valence-corrected chi connectivity index (χ1v) is 9.39. The highest BCUT2D eigenvalue weighted by Crippen LogP contribution is 2.30. The van der Waals surface area contributed by atoms with E-state index in [9.17, 15) is 4.79 Å². The summed E-state index contributed by atoms with van der Waals surface area (Å²) < 4.78 is 3.33. The third-order valence-electron chi connectivity index (χ3n) is 3.54. The number of carbonyl (C=O) groups excluding carboxylic acids is 1. The van der Waals surface area contributed by atoms with Gasteiger partial charge in [0.2, 0.25) is 3.79 Å². The molecule has 27 heavy (non-hydrogen) atoms. The number of halogens is 3. The first kappa shape index (κ1) is 21.6. The van der Waals surface area contributed by atoms with Gasteiger partial charge in [-0.3, -0.25) is 4.79 Å².